The number of hydroxylamine groups is 2. The Hall–Kier alpha value is -2.12. The monoisotopic (exact) mass is 376 g/mol. The summed E-state index contributed by atoms with van der Waals surface area (Å²) in [6.45, 7) is 6.39. The summed E-state index contributed by atoms with van der Waals surface area (Å²) < 4.78 is 5.54. The predicted octanol–water partition coefficient (Wildman–Crippen LogP) is 2.45. The normalized spacial score (nSPS) is 25.8. The number of piperidine rings is 1. The molecule has 1 amide bonds. The fourth-order valence-electron chi connectivity index (χ4n) is 3.86. The van der Waals surface area contributed by atoms with E-state index < -0.39 is 17.7 Å². The Balaban J connectivity index is 1.69. The van der Waals surface area contributed by atoms with Crippen molar-refractivity contribution in [1.82, 2.24) is 9.96 Å². The van der Waals surface area contributed by atoms with E-state index in [1.54, 1.807) is 34.2 Å². The summed E-state index contributed by atoms with van der Waals surface area (Å²) in [7, 11) is 0. The van der Waals surface area contributed by atoms with Gasteiger partial charge in [0.2, 0.25) is 0 Å². The van der Waals surface area contributed by atoms with Gasteiger partial charge in [0.15, 0.2) is 0 Å². The average Bonchev–Trinajstić information content (AvgIpc) is 2.99. The first-order valence-electron chi connectivity index (χ1n) is 9.43. The van der Waals surface area contributed by atoms with Crippen LogP contribution in [0.4, 0.5) is 4.79 Å². The number of aliphatic hydroxyl groups excluding tert-OH is 1. The second-order valence-electron chi connectivity index (χ2n) is 8.21. The van der Waals surface area contributed by atoms with Gasteiger partial charge in [0, 0.05) is 6.54 Å². The number of aliphatic hydroxyl groups is 1. The molecule has 3 unspecified atom stereocenters. The van der Waals surface area contributed by atoms with Crippen LogP contribution >= 0.6 is 0 Å². The zero-order chi connectivity index (χ0) is 19.6. The molecule has 0 aromatic heterocycles. The van der Waals surface area contributed by atoms with Gasteiger partial charge in [0.05, 0.1) is 30.8 Å². The van der Waals surface area contributed by atoms with Crippen LogP contribution in [0.2, 0.25) is 0 Å². The molecule has 0 spiro atoms. The number of likely N-dealkylation sites (tertiary alicyclic amines) is 1. The Morgan fingerprint density at radius 3 is 2.56 bits per heavy atom. The van der Waals surface area contributed by atoms with Crippen molar-refractivity contribution in [2.24, 2.45) is 5.92 Å². The third-order valence-electron chi connectivity index (χ3n) is 5.05. The highest BCUT2D eigenvalue weighted by atomic mass is 16.7. The highest BCUT2D eigenvalue weighted by molar-refractivity contribution is 5.89. The maximum atomic E-state index is 12.7. The van der Waals surface area contributed by atoms with Crippen LogP contribution in [0.25, 0.3) is 0 Å². The second kappa shape index (κ2) is 7.86. The second-order valence-corrected chi connectivity index (χ2v) is 8.21. The molecular formula is C20H28N2O5. The van der Waals surface area contributed by atoms with Gasteiger partial charge in [-0.2, -0.15) is 0 Å². The molecule has 2 fully saturated rings. The van der Waals surface area contributed by atoms with Gasteiger partial charge >= 0.3 is 12.1 Å². The number of hydrogen-bond donors (Lipinski definition) is 1. The standard InChI is InChI=1S/C20H28N2O5/c1-20(2,3)26-19(25)22-16(13-23)11-15-9-10-21(12-17(15)22)27-18(24)14-7-5-4-6-8-14/h4-8,15-17,23H,9-13H2,1-3H3. The molecule has 7 nitrogen and oxygen atoms in total. The number of carbonyl (C=O) groups is 2. The number of amides is 1. The maximum absolute atomic E-state index is 12.7. The number of hydrogen-bond acceptors (Lipinski definition) is 6. The van der Waals surface area contributed by atoms with Gasteiger partial charge in [-0.15, -0.1) is 5.06 Å². The molecule has 1 aromatic rings. The first-order valence-corrected chi connectivity index (χ1v) is 9.43. The lowest BCUT2D eigenvalue weighted by molar-refractivity contribution is -0.137. The largest absolute Gasteiger partial charge is 0.444 e. The Bertz CT molecular complexity index is 673. The van der Waals surface area contributed by atoms with Crippen molar-refractivity contribution in [2.45, 2.75) is 51.3 Å². The molecule has 2 aliphatic heterocycles. The van der Waals surface area contributed by atoms with Crippen molar-refractivity contribution in [3.8, 4) is 0 Å². The van der Waals surface area contributed by atoms with Gasteiger partial charge in [-0.3, -0.25) is 4.90 Å². The predicted molar refractivity (Wildman–Crippen MR) is 98.9 cm³/mol. The molecule has 7 heteroatoms. The van der Waals surface area contributed by atoms with Crippen LogP contribution in [0.3, 0.4) is 0 Å². The van der Waals surface area contributed by atoms with Crippen LogP contribution in [0.5, 0.6) is 0 Å². The molecule has 0 saturated carbocycles. The summed E-state index contributed by atoms with van der Waals surface area (Å²) in [6, 6.07) is 8.42. The molecule has 3 atom stereocenters. The zero-order valence-corrected chi connectivity index (χ0v) is 16.1. The van der Waals surface area contributed by atoms with Gasteiger partial charge in [0.25, 0.3) is 0 Å². The molecule has 0 aliphatic carbocycles. The summed E-state index contributed by atoms with van der Waals surface area (Å²) in [6.07, 6.45) is 1.11. The van der Waals surface area contributed by atoms with Crippen molar-refractivity contribution < 1.29 is 24.3 Å². The molecule has 148 valence electrons. The van der Waals surface area contributed by atoms with Crippen LogP contribution in [-0.2, 0) is 9.57 Å². The van der Waals surface area contributed by atoms with Gasteiger partial charge in [-0.25, -0.2) is 9.59 Å². The Kier molecular flexibility index (Phi) is 5.72. The van der Waals surface area contributed by atoms with E-state index in [0.29, 0.717) is 18.7 Å². The summed E-state index contributed by atoms with van der Waals surface area (Å²) in [5, 5.41) is 11.4. The molecule has 2 saturated heterocycles. The Morgan fingerprint density at radius 2 is 1.93 bits per heavy atom. The number of carbonyl (C=O) groups excluding carboxylic acids is 2. The van der Waals surface area contributed by atoms with Gasteiger partial charge in [-0.05, 0) is 51.7 Å². The highest BCUT2D eigenvalue weighted by Crippen LogP contribution is 2.37. The minimum atomic E-state index is -0.608. The van der Waals surface area contributed by atoms with E-state index in [0.717, 1.165) is 12.8 Å². The topological polar surface area (TPSA) is 79.3 Å². The first-order chi connectivity index (χ1) is 12.8. The molecule has 2 aliphatic rings. The fourth-order valence-corrected chi connectivity index (χ4v) is 3.86. The van der Waals surface area contributed by atoms with Crippen LogP contribution in [0.15, 0.2) is 30.3 Å². The van der Waals surface area contributed by atoms with Crippen molar-refractivity contribution in [3.05, 3.63) is 35.9 Å². The minimum Gasteiger partial charge on any atom is -0.444 e. The number of nitrogens with zero attached hydrogens (tertiary/aromatic N) is 2. The van der Waals surface area contributed by atoms with E-state index in [4.69, 9.17) is 9.57 Å². The van der Waals surface area contributed by atoms with Crippen molar-refractivity contribution in [1.29, 1.82) is 0 Å². The maximum Gasteiger partial charge on any atom is 0.410 e. The highest BCUT2D eigenvalue weighted by Gasteiger charge is 2.48. The Labute approximate surface area is 159 Å². The van der Waals surface area contributed by atoms with E-state index >= 15 is 0 Å². The van der Waals surface area contributed by atoms with E-state index in [1.807, 2.05) is 26.8 Å². The van der Waals surface area contributed by atoms with E-state index in [1.165, 1.54) is 0 Å². The van der Waals surface area contributed by atoms with Crippen molar-refractivity contribution >= 4 is 12.1 Å². The quantitative estimate of drug-likeness (QED) is 0.873. The van der Waals surface area contributed by atoms with Crippen LogP contribution < -0.4 is 0 Å². The van der Waals surface area contributed by atoms with Crippen LogP contribution in [-0.4, -0.2) is 64.5 Å². The van der Waals surface area contributed by atoms with Gasteiger partial charge < -0.3 is 14.7 Å². The molecule has 3 rings (SSSR count). The summed E-state index contributed by atoms with van der Waals surface area (Å²) in [5.41, 5.74) is -0.119. The summed E-state index contributed by atoms with van der Waals surface area (Å²) in [4.78, 5) is 32.2. The lowest BCUT2D eigenvalue weighted by Crippen LogP contribution is -2.53. The number of rotatable bonds is 3. The van der Waals surface area contributed by atoms with Gasteiger partial charge in [-0.1, -0.05) is 18.2 Å². The van der Waals surface area contributed by atoms with Gasteiger partial charge in [0.1, 0.15) is 5.60 Å². The van der Waals surface area contributed by atoms with E-state index in [-0.39, 0.29) is 24.6 Å². The molecule has 1 N–H and O–H groups in total. The SMILES string of the molecule is CC(C)(C)OC(=O)N1C(CO)CC2CCN(OC(=O)c3ccccc3)CC21. The molecule has 1 aromatic carbocycles. The van der Waals surface area contributed by atoms with Crippen molar-refractivity contribution in [3.63, 3.8) is 0 Å². The molecule has 0 bridgehead atoms. The first kappa shape index (κ1) is 19.6. The van der Waals surface area contributed by atoms with E-state index in [2.05, 4.69) is 0 Å². The molecule has 2 heterocycles. The van der Waals surface area contributed by atoms with Crippen LogP contribution in [0.1, 0.15) is 44.0 Å². The average molecular weight is 376 g/mol. The third kappa shape index (κ3) is 4.59. The fraction of sp³-hybridized carbons (Fsp3) is 0.600. The van der Waals surface area contributed by atoms with Crippen molar-refractivity contribution in [2.75, 3.05) is 19.7 Å². The third-order valence-corrected chi connectivity index (χ3v) is 5.05. The number of fused-ring (bicyclic) bond motifs is 1. The Morgan fingerprint density at radius 1 is 1.22 bits per heavy atom. The van der Waals surface area contributed by atoms with Crippen LogP contribution in [0, 0.1) is 5.92 Å². The lowest BCUT2D eigenvalue weighted by atomic mass is 9.92. The molecule has 0 radical (unpaired) electrons. The smallest absolute Gasteiger partial charge is 0.410 e. The van der Waals surface area contributed by atoms with E-state index in [9.17, 15) is 14.7 Å². The zero-order valence-electron chi connectivity index (χ0n) is 16.1. The number of benzene rings is 1. The number of ether oxygens (including phenoxy) is 1. The summed E-state index contributed by atoms with van der Waals surface area (Å²) >= 11 is 0. The molecular weight excluding hydrogens is 348 g/mol. The molecule has 27 heavy (non-hydrogen) atoms. The lowest BCUT2D eigenvalue weighted by Gasteiger charge is -2.38. The minimum absolute atomic E-state index is 0.101. The summed E-state index contributed by atoms with van der Waals surface area (Å²) in [5.74, 6) is -0.143.